The number of hydrogen-bond acceptors (Lipinski definition) is 4. The second kappa shape index (κ2) is 2.55. The molecule has 1 heterocycles. The van der Waals surface area contributed by atoms with Crippen LogP contribution >= 0.6 is 25.3 Å². The summed E-state index contributed by atoms with van der Waals surface area (Å²) in [5, 5.41) is 0.178. The number of thiol groups is 2. The van der Waals surface area contributed by atoms with Crippen LogP contribution in [0.3, 0.4) is 0 Å². The van der Waals surface area contributed by atoms with Gasteiger partial charge in [-0.05, 0) is 0 Å². The minimum atomic E-state index is -0.576. The van der Waals surface area contributed by atoms with Crippen molar-refractivity contribution < 1.29 is 0 Å². The van der Waals surface area contributed by atoms with Crippen molar-refractivity contribution >= 4 is 25.3 Å². The van der Waals surface area contributed by atoms with Crippen LogP contribution in [0.5, 0.6) is 0 Å². The Morgan fingerprint density at radius 3 is 2.20 bits per heavy atom. The van der Waals surface area contributed by atoms with Crippen LogP contribution in [0.15, 0.2) is 19.5 Å². The highest BCUT2D eigenvalue weighted by molar-refractivity contribution is 7.83. The molecule has 0 fully saturated rings. The molecule has 0 amide bonds. The summed E-state index contributed by atoms with van der Waals surface area (Å²) in [4.78, 5) is 25.5. The number of nitrogens with one attached hydrogen (secondary N) is 2. The summed E-state index contributed by atoms with van der Waals surface area (Å²) in [6.45, 7) is 0. The molecule has 10 heavy (non-hydrogen) atoms. The van der Waals surface area contributed by atoms with E-state index in [0.29, 0.717) is 0 Å². The van der Waals surface area contributed by atoms with Crippen LogP contribution in [0.1, 0.15) is 0 Å². The lowest BCUT2D eigenvalue weighted by molar-refractivity contribution is 0.881. The van der Waals surface area contributed by atoms with E-state index in [9.17, 15) is 9.59 Å². The zero-order valence-corrected chi connectivity index (χ0v) is 6.50. The Kier molecular flexibility index (Phi) is 1.91. The fourth-order valence-corrected chi connectivity index (χ4v) is 0.783. The molecule has 0 spiro atoms. The summed E-state index contributed by atoms with van der Waals surface area (Å²) < 4.78 is 0. The maximum atomic E-state index is 10.7. The van der Waals surface area contributed by atoms with Crippen LogP contribution in [0, 0.1) is 0 Å². The number of aromatic amines is 2. The van der Waals surface area contributed by atoms with Crippen molar-refractivity contribution in [1.29, 1.82) is 0 Å². The Bertz CT molecular complexity index is 353. The molecule has 0 unspecified atom stereocenters. The van der Waals surface area contributed by atoms with Gasteiger partial charge in [0.2, 0.25) is 0 Å². The Labute approximate surface area is 66.5 Å². The van der Waals surface area contributed by atoms with Crippen molar-refractivity contribution in [2.24, 2.45) is 0 Å². The molecule has 6 heteroatoms. The smallest absolute Gasteiger partial charge is 0.301 e. The minimum Gasteiger partial charge on any atom is -0.301 e. The first-order valence-corrected chi connectivity index (χ1v) is 3.25. The topological polar surface area (TPSA) is 65.7 Å². The van der Waals surface area contributed by atoms with Gasteiger partial charge in [0, 0.05) is 0 Å². The van der Waals surface area contributed by atoms with Crippen LogP contribution in [0.25, 0.3) is 0 Å². The summed E-state index contributed by atoms with van der Waals surface area (Å²) in [5.74, 6) is 0. The molecule has 0 bridgehead atoms. The average Bonchev–Trinajstić information content (AvgIpc) is 1.82. The van der Waals surface area contributed by atoms with E-state index in [1.165, 1.54) is 0 Å². The van der Waals surface area contributed by atoms with Crippen molar-refractivity contribution in [3.05, 3.63) is 20.8 Å². The molecular weight excluding hydrogens is 172 g/mol. The number of H-pyrrole nitrogens is 2. The molecule has 0 aliphatic rings. The van der Waals surface area contributed by atoms with Crippen molar-refractivity contribution in [3.63, 3.8) is 0 Å². The summed E-state index contributed by atoms with van der Waals surface area (Å²) >= 11 is 7.55. The van der Waals surface area contributed by atoms with Crippen LogP contribution in [0.2, 0.25) is 0 Å². The van der Waals surface area contributed by atoms with Crippen LogP contribution < -0.4 is 11.2 Å². The first-order chi connectivity index (χ1) is 4.61. The molecule has 54 valence electrons. The van der Waals surface area contributed by atoms with E-state index in [2.05, 4.69) is 30.2 Å². The van der Waals surface area contributed by atoms with Crippen molar-refractivity contribution in [2.75, 3.05) is 0 Å². The minimum absolute atomic E-state index is 0.114. The fraction of sp³-hybridized carbons (Fsp3) is 0. The van der Waals surface area contributed by atoms with E-state index in [4.69, 9.17) is 0 Å². The Hall–Kier alpha value is -0.620. The van der Waals surface area contributed by atoms with Crippen molar-refractivity contribution in [3.8, 4) is 0 Å². The van der Waals surface area contributed by atoms with Gasteiger partial charge in [0.15, 0.2) is 0 Å². The number of rotatable bonds is 0. The second-order valence-electron chi connectivity index (χ2n) is 1.61. The molecule has 2 N–H and O–H groups in total. The van der Waals surface area contributed by atoms with Crippen molar-refractivity contribution in [2.45, 2.75) is 9.92 Å². The van der Waals surface area contributed by atoms with Gasteiger partial charge in [-0.15, -0.1) is 25.3 Å². The SMILES string of the molecule is O=c1[nH]c(S)c(S)c(=O)[nH]1. The fourth-order valence-electron chi connectivity index (χ4n) is 0.468. The largest absolute Gasteiger partial charge is 0.326 e. The van der Waals surface area contributed by atoms with E-state index in [1.54, 1.807) is 0 Å². The lowest BCUT2D eigenvalue weighted by Gasteiger charge is -1.91. The summed E-state index contributed by atoms with van der Waals surface area (Å²) in [6, 6.07) is 0. The second-order valence-corrected chi connectivity index (χ2v) is 2.50. The quantitative estimate of drug-likeness (QED) is 0.322. The van der Waals surface area contributed by atoms with Gasteiger partial charge in [-0.1, -0.05) is 0 Å². The Morgan fingerprint density at radius 2 is 1.70 bits per heavy atom. The molecular formula is C4H4N2O2S2. The number of aromatic nitrogens is 2. The summed E-state index contributed by atoms with van der Waals surface area (Å²) in [5.41, 5.74) is -1.11. The van der Waals surface area contributed by atoms with E-state index in [0.717, 1.165) is 0 Å². The maximum Gasteiger partial charge on any atom is 0.326 e. The highest BCUT2D eigenvalue weighted by atomic mass is 32.1. The predicted octanol–water partition coefficient (Wildman–Crippen LogP) is -0.359. The van der Waals surface area contributed by atoms with Gasteiger partial charge in [0.25, 0.3) is 5.56 Å². The van der Waals surface area contributed by atoms with E-state index in [-0.39, 0.29) is 9.92 Å². The number of hydrogen-bond donors (Lipinski definition) is 4. The molecule has 0 atom stereocenters. The Morgan fingerprint density at radius 1 is 1.10 bits per heavy atom. The van der Waals surface area contributed by atoms with Gasteiger partial charge < -0.3 is 4.98 Å². The molecule has 0 aliphatic heterocycles. The molecule has 1 aromatic rings. The molecule has 1 aromatic heterocycles. The van der Waals surface area contributed by atoms with E-state index in [1.807, 2.05) is 4.98 Å². The highest BCUT2D eigenvalue weighted by Gasteiger charge is 1.98. The molecule has 0 radical (unpaired) electrons. The molecule has 0 saturated heterocycles. The van der Waals surface area contributed by atoms with Gasteiger partial charge in [0.05, 0.1) is 9.92 Å². The highest BCUT2D eigenvalue weighted by Crippen LogP contribution is 2.05. The van der Waals surface area contributed by atoms with Gasteiger partial charge in [-0.2, -0.15) is 0 Å². The molecule has 0 aromatic carbocycles. The zero-order chi connectivity index (χ0) is 7.72. The van der Waals surface area contributed by atoms with Crippen molar-refractivity contribution in [1.82, 2.24) is 9.97 Å². The maximum absolute atomic E-state index is 10.7. The summed E-state index contributed by atoms with van der Waals surface area (Å²) in [6.07, 6.45) is 0. The third-order valence-electron chi connectivity index (χ3n) is 0.898. The van der Waals surface area contributed by atoms with Gasteiger partial charge >= 0.3 is 5.69 Å². The Balaban J connectivity index is 3.62. The lowest BCUT2D eigenvalue weighted by atomic mass is 10.6. The van der Waals surface area contributed by atoms with Crippen LogP contribution in [0.4, 0.5) is 0 Å². The lowest BCUT2D eigenvalue weighted by Crippen LogP contribution is -2.23. The van der Waals surface area contributed by atoms with E-state index < -0.39 is 11.2 Å². The average molecular weight is 176 g/mol. The monoisotopic (exact) mass is 176 g/mol. The predicted molar refractivity (Wildman–Crippen MR) is 42.2 cm³/mol. The molecule has 1 rings (SSSR count). The third-order valence-corrected chi connectivity index (χ3v) is 1.84. The molecule has 0 saturated carbocycles. The first-order valence-electron chi connectivity index (χ1n) is 2.36. The normalized spacial score (nSPS) is 9.80. The molecule has 4 nitrogen and oxygen atoms in total. The van der Waals surface area contributed by atoms with Crippen LogP contribution in [-0.2, 0) is 0 Å². The van der Waals surface area contributed by atoms with Gasteiger partial charge in [-0.25, -0.2) is 4.79 Å². The third kappa shape index (κ3) is 1.27. The first kappa shape index (κ1) is 7.49. The zero-order valence-electron chi connectivity index (χ0n) is 4.71. The standard InChI is InChI=1S/C4H4N2O2S2/c7-2-1(9)3(10)6-4(8)5-2/h9H,(H3,5,6,7,8,10). The van der Waals surface area contributed by atoms with E-state index >= 15 is 0 Å². The van der Waals surface area contributed by atoms with Gasteiger partial charge in [0.1, 0.15) is 0 Å². The van der Waals surface area contributed by atoms with Gasteiger partial charge in [-0.3, -0.25) is 9.78 Å². The molecule has 0 aliphatic carbocycles. The van der Waals surface area contributed by atoms with Crippen LogP contribution in [-0.4, -0.2) is 9.97 Å². The summed E-state index contributed by atoms with van der Waals surface area (Å²) in [7, 11) is 0.